The molecule has 1 amide bonds. The summed E-state index contributed by atoms with van der Waals surface area (Å²) in [6.07, 6.45) is 4.55. The van der Waals surface area contributed by atoms with E-state index in [1.165, 1.54) is 12.8 Å². The van der Waals surface area contributed by atoms with Gasteiger partial charge in [0.05, 0.1) is 12.1 Å². The molecule has 0 bridgehead atoms. The van der Waals surface area contributed by atoms with E-state index in [2.05, 4.69) is 5.32 Å². The molecule has 0 aromatic heterocycles. The molecular weight excluding hydrogens is 192 g/mol. The van der Waals surface area contributed by atoms with Gasteiger partial charge in [0.15, 0.2) is 0 Å². The monoisotopic (exact) mass is 212 g/mol. The molecule has 2 heterocycles. The molecule has 0 aliphatic carbocycles. The first kappa shape index (κ1) is 10.9. The van der Waals surface area contributed by atoms with Gasteiger partial charge in [-0.25, -0.2) is 0 Å². The summed E-state index contributed by atoms with van der Waals surface area (Å²) in [4.78, 5) is 13.6. The van der Waals surface area contributed by atoms with Crippen LogP contribution >= 0.6 is 0 Å². The van der Waals surface area contributed by atoms with Crippen molar-refractivity contribution in [1.82, 2.24) is 10.2 Å². The quantitative estimate of drug-likeness (QED) is 0.719. The maximum absolute atomic E-state index is 11.7. The molecule has 15 heavy (non-hydrogen) atoms. The molecule has 86 valence electrons. The zero-order valence-electron chi connectivity index (χ0n) is 9.42. The molecule has 1 spiro atoms. The molecule has 1 atom stereocenters. The Kier molecular flexibility index (Phi) is 3.26. The van der Waals surface area contributed by atoms with E-state index in [4.69, 9.17) is 4.74 Å². The molecule has 2 aliphatic heterocycles. The van der Waals surface area contributed by atoms with Crippen molar-refractivity contribution in [3.63, 3.8) is 0 Å². The average molecular weight is 212 g/mol. The SMILES string of the molecule is CNCC(=O)N1CC[C@]2(CCCCO2)C1. The van der Waals surface area contributed by atoms with Crippen LogP contribution in [0, 0.1) is 0 Å². The molecule has 0 radical (unpaired) electrons. The summed E-state index contributed by atoms with van der Waals surface area (Å²) >= 11 is 0. The summed E-state index contributed by atoms with van der Waals surface area (Å²) in [5.74, 6) is 0.198. The lowest BCUT2D eigenvalue weighted by Crippen LogP contribution is -2.42. The zero-order valence-corrected chi connectivity index (χ0v) is 9.42. The second-order valence-electron chi connectivity index (χ2n) is 4.58. The van der Waals surface area contributed by atoms with Crippen LogP contribution in [0.2, 0.25) is 0 Å². The highest BCUT2D eigenvalue weighted by Gasteiger charge is 2.41. The molecule has 4 heteroatoms. The number of ether oxygens (including phenoxy) is 1. The van der Waals surface area contributed by atoms with Crippen molar-refractivity contribution < 1.29 is 9.53 Å². The number of nitrogens with zero attached hydrogens (tertiary/aromatic N) is 1. The minimum Gasteiger partial charge on any atom is -0.373 e. The summed E-state index contributed by atoms with van der Waals surface area (Å²) in [6.45, 7) is 2.97. The van der Waals surface area contributed by atoms with Crippen LogP contribution in [-0.2, 0) is 9.53 Å². The molecule has 0 unspecified atom stereocenters. The van der Waals surface area contributed by atoms with Crippen LogP contribution in [0.5, 0.6) is 0 Å². The Labute approximate surface area is 91.0 Å². The fourth-order valence-corrected chi connectivity index (χ4v) is 2.55. The Morgan fingerprint density at radius 3 is 3.00 bits per heavy atom. The molecule has 0 aromatic carbocycles. The first-order valence-corrected chi connectivity index (χ1v) is 5.82. The predicted octanol–water partition coefficient (Wildman–Crippen LogP) is 0.377. The van der Waals surface area contributed by atoms with Crippen molar-refractivity contribution in [2.75, 3.05) is 33.3 Å². The lowest BCUT2D eigenvalue weighted by molar-refractivity contribution is -0.131. The number of carbonyl (C=O) groups excluding carboxylic acids is 1. The number of hydrogen-bond acceptors (Lipinski definition) is 3. The van der Waals surface area contributed by atoms with Gasteiger partial charge in [0.25, 0.3) is 0 Å². The highest BCUT2D eigenvalue weighted by atomic mass is 16.5. The van der Waals surface area contributed by atoms with Crippen LogP contribution in [0.15, 0.2) is 0 Å². The van der Waals surface area contributed by atoms with Crippen LogP contribution in [0.1, 0.15) is 25.7 Å². The van der Waals surface area contributed by atoms with Crippen LogP contribution in [0.3, 0.4) is 0 Å². The first-order valence-electron chi connectivity index (χ1n) is 5.82. The lowest BCUT2D eigenvalue weighted by Gasteiger charge is -2.33. The van der Waals surface area contributed by atoms with Crippen LogP contribution in [0.4, 0.5) is 0 Å². The van der Waals surface area contributed by atoms with Gasteiger partial charge in [-0.15, -0.1) is 0 Å². The number of nitrogens with one attached hydrogen (secondary N) is 1. The van der Waals surface area contributed by atoms with Crippen molar-refractivity contribution in [3.05, 3.63) is 0 Å². The summed E-state index contributed by atoms with van der Waals surface area (Å²) in [5, 5.41) is 2.90. The van der Waals surface area contributed by atoms with Crippen LogP contribution in [-0.4, -0.2) is 49.7 Å². The molecular formula is C11H20N2O2. The summed E-state index contributed by atoms with van der Waals surface area (Å²) in [5.41, 5.74) is 0.00164. The van der Waals surface area contributed by atoms with Crippen molar-refractivity contribution in [2.24, 2.45) is 0 Å². The molecule has 0 saturated carbocycles. The maximum atomic E-state index is 11.7. The maximum Gasteiger partial charge on any atom is 0.236 e. The first-order chi connectivity index (χ1) is 7.26. The van der Waals surface area contributed by atoms with Gasteiger partial charge in [0.1, 0.15) is 0 Å². The van der Waals surface area contributed by atoms with E-state index in [0.717, 1.165) is 32.5 Å². The number of likely N-dealkylation sites (N-methyl/N-ethyl adjacent to an activating group) is 1. The molecule has 0 aromatic rings. The largest absolute Gasteiger partial charge is 0.373 e. The van der Waals surface area contributed by atoms with Gasteiger partial charge in [0.2, 0.25) is 5.91 Å². The number of likely N-dealkylation sites (tertiary alicyclic amines) is 1. The van der Waals surface area contributed by atoms with Gasteiger partial charge in [-0.2, -0.15) is 0 Å². The van der Waals surface area contributed by atoms with E-state index >= 15 is 0 Å². The predicted molar refractivity (Wildman–Crippen MR) is 57.7 cm³/mol. The van der Waals surface area contributed by atoms with Crippen molar-refractivity contribution in [2.45, 2.75) is 31.3 Å². The smallest absolute Gasteiger partial charge is 0.236 e. The summed E-state index contributed by atoms with van der Waals surface area (Å²) < 4.78 is 5.87. The third kappa shape index (κ3) is 2.32. The average Bonchev–Trinajstić information content (AvgIpc) is 2.64. The Bertz CT molecular complexity index is 237. The minimum atomic E-state index is 0.00164. The van der Waals surface area contributed by atoms with E-state index in [9.17, 15) is 4.79 Å². The Morgan fingerprint density at radius 2 is 2.33 bits per heavy atom. The van der Waals surface area contributed by atoms with Crippen LogP contribution in [0.25, 0.3) is 0 Å². The van der Waals surface area contributed by atoms with Crippen molar-refractivity contribution in [3.8, 4) is 0 Å². The Hall–Kier alpha value is -0.610. The topological polar surface area (TPSA) is 41.6 Å². The van der Waals surface area contributed by atoms with Crippen molar-refractivity contribution >= 4 is 5.91 Å². The minimum absolute atomic E-state index is 0.00164. The summed E-state index contributed by atoms with van der Waals surface area (Å²) in [7, 11) is 1.81. The van der Waals surface area contributed by atoms with Gasteiger partial charge in [-0.1, -0.05) is 0 Å². The Balaban J connectivity index is 1.90. The molecule has 4 nitrogen and oxygen atoms in total. The summed E-state index contributed by atoms with van der Waals surface area (Å²) in [6, 6.07) is 0. The second-order valence-corrected chi connectivity index (χ2v) is 4.58. The highest BCUT2D eigenvalue weighted by molar-refractivity contribution is 5.78. The lowest BCUT2D eigenvalue weighted by atomic mass is 9.93. The number of amides is 1. The molecule has 2 saturated heterocycles. The van der Waals surface area contributed by atoms with Gasteiger partial charge < -0.3 is 15.0 Å². The van der Waals surface area contributed by atoms with E-state index in [1.54, 1.807) is 7.05 Å². The molecule has 1 N–H and O–H groups in total. The number of carbonyl (C=O) groups is 1. The standard InChI is InChI=1S/C11H20N2O2/c1-12-8-10(14)13-6-5-11(9-13)4-2-3-7-15-11/h12H,2-9H2,1H3/t11-/m1/s1. The van der Waals surface area contributed by atoms with Crippen LogP contribution < -0.4 is 5.32 Å². The van der Waals surface area contributed by atoms with Gasteiger partial charge in [0, 0.05) is 19.7 Å². The fourth-order valence-electron chi connectivity index (χ4n) is 2.55. The second kappa shape index (κ2) is 4.49. The third-order valence-corrected chi connectivity index (χ3v) is 3.43. The van der Waals surface area contributed by atoms with Crippen molar-refractivity contribution in [1.29, 1.82) is 0 Å². The fraction of sp³-hybridized carbons (Fsp3) is 0.909. The molecule has 2 fully saturated rings. The van der Waals surface area contributed by atoms with E-state index in [0.29, 0.717) is 6.54 Å². The van der Waals surface area contributed by atoms with Gasteiger partial charge in [-0.05, 0) is 32.7 Å². The molecule has 2 aliphatic rings. The number of hydrogen-bond donors (Lipinski definition) is 1. The highest BCUT2D eigenvalue weighted by Crippen LogP contribution is 2.33. The Morgan fingerprint density at radius 1 is 1.47 bits per heavy atom. The number of rotatable bonds is 2. The van der Waals surface area contributed by atoms with Gasteiger partial charge >= 0.3 is 0 Å². The third-order valence-electron chi connectivity index (χ3n) is 3.43. The van der Waals surface area contributed by atoms with E-state index in [1.807, 2.05) is 4.90 Å². The zero-order chi connectivity index (χ0) is 10.7. The van der Waals surface area contributed by atoms with E-state index in [-0.39, 0.29) is 11.5 Å². The molecule has 2 rings (SSSR count). The van der Waals surface area contributed by atoms with E-state index < -0.39 is 0 Å². The van der Waals surface area contributed by atoms with Gasteiger partial charge in [-0.3, -0.25) is 4.79 Å². The normalized spacial score (nSPS) is 31.1.